The maximum atomic E-state index is 12.2. The minimum atomic E-state index is -0.0993. The molecule has 0 aliphatic carbocycles. The van der Waals surface area contributed by atoms with Gasteiger partial charge in [0.1, 0.15) is 18.1 Å². The van der Waals surface area contributed by atoms with Crippen molar-refractivity contribution in [2.24, 2.45) is 5.73 Å². The van der Waals surface area contributed by atoms with Gasteiger partial charge in [0.15, 0.2) is 6.61 Å². The van der Waals surface area contributed by atoms with Gasteiger partial charge in [-0.3, -0.25) is 4.79 Å². The third-order valence-corrected chi connectivity index (χ3v) is 4.02. The quantitative estimate of drug-likeness (QED) is 0.917. The van der Waals surface area contributed by atoms with Gasteiger partial charge in [0.05, 0.1) is 12.2 Å². The highest BCUT2D eigenvalue weighted by Gasteiger charge is 2.26. The Kier molecular flexibility index (Phi) is 4.71. The van der Waals surface area contributed by atoms with E-state index in [-0.39, 0.29) is 18.6 Å². The van der Waals surface area contributed by atoms with Crippen molar-refractivity contribution >= 4 is 11.6 Å². The van der Waals surface area contributed by atoms with Crippen molar-refractivity contribution < 1.29 is 14.3 Å². The van der Waals surface area contributed by atoms with Gasteiger partial charge in [0.25, 0.3) is 5.91 Å². The van der Waals surface area contributed by atoms with Crippen molar-refractivity contribution in [3.05, 3.63) is 53.6 Å². The normalized spacial score (nSPS) is 14.8. The SMILES string of the molecule is Cc1cccc(OCCN2C(=O)COc3ccc(C(C)N)cc32)c1. The predicted octanol–water partition coefficient (Wildman–Crippen LogP) is 2.82. The molecule has 1 amide bonds. The summed E-state index contributed by atoms with van der Waals surface area (Å²) in [5.74, 6) is 1.44. The summed E-state index contributed by atoms with van der Waals surface area (Å²) in [4.78, 5) is 14.0. The van der Waals surface area contributed by atoms with Crippen molar-refractivity contribution in [3.63, 3.8) is 0 Å². The van der Waals surface area contributed by atoms with Gasteiger partial charge in [-0.25, -0.2) is 0 Å². The van der Waals surface area contributed by atoms with Crippen molar-refractivity contribution in [1.29, 1.82) is 0 Å². The third kappa shape index (κ3) is 3.51. The van der Waals surface area contributed by atoms with E-state index in [0.717, 1.165) is 22.6 Å². The molecule has 5 nitrogen and oxygen atoms in total. The van der Waals surface area contributed by atoms with E-state index in [1.54, 1.807) is 4.90 Å². The fourth-order valence-electron chi connectivity index (χ4n) is 2.71. The van der Waals surface area contributed by atoms with Gasteiger partial charge in [0, 0.05) is 6.04 Å². The molecule has 5 heteroatoms. The summed E-state index contributed by atoms with van der Waals surface area (Å²) in [7, 11) is 0. The Morgan fingerprint density at radius 2 is 2.12 bits per heavy atom. The summed E-state index contributed by atoms with van der Waals surface area (Å²) < 4.78 is 11.3. The van der Waals surface area contributed by atoms with Crippen LogP contribution in [0.2, 0.25) is 0 Å². The second-order valence-corrected chi connectivity index (χ2v) is 6.01. The highest BCUT2D eigenvalue weighted by molar-refractivity contribution is 5.97. The van der Waals surface area contributed by atoms with E-state index in [4.69, 9.17) is 15.2 Å². The summed E-state index contributed by atoms with van der Waals surface area (Å²) in [6, 6.07) is 13.5. The molecule has 1 atom stereocenters. The Morgan fingerprint density at radius 3 is 2.88 bits per heavy atom. The van der Waals surface area contributed by atoms with Gasteiger partial charge in [-0.2, -0.15) is 0 Å². The van der Waals surface area contributed by atoms with Crippen molar-refractivity contribution in [3.8, 4) is 11.5 Å². The van der Waals surface area contributed by atoms with Crippen LogP contribution in [0.25, 0.3) is 0 Å². The molecule has 0 aromatic heterocycles. The Labute approximate surface area is 142 Å². The molecule has 1 aliphatic rings. The smallest absolute Gasteiger partial charge is 0.265 e. The number of fused-ring (bicyclic) bond motifs is 1. The van der Waals surface area contributed by atoms with Crippen molar-refractivity contribution in [2.75, 3.05) is 24.7 Å². The Morgan fingerprint density at radius 1 is 1.29 bits per heavy atom. The fraction of sp³-hybridized carbons (Fsp3) is 0.316. The minimum absolute atomic E-state index is 0.0506. The van der Waals surface area contributed by atoms with Crippen LogP contribution in [0.5, 0.6) is 11.5 Å². The summed E-state index contributed by atoms with van der Waals surface area (Å²) >= 11 is 0. The van der Waals surface area contributed by atoms with E-state index in [0.29, 0.717) is 18.9 Å². The van der Waals surface area contributed by atoms with Crippen LogP contribution < -0.4 is 20.1 Å². The molecule has 0 saturated carbocycles. The molecule has 0 bridgehead atoms. The molecule has 0 spiro atoms. The van der Waals surface area contributed by atoms with E-state index in [1.807, 2.05) is 56.3 Å². The van der Waals surface area contributed by atoms with Crippen LogP contribution in [0, 0.1) is 6.92 Å². The lowest BCUT2D eigenvalue weighted by atomic mass is 10.1. The zero-order valence-corrected chi connectivity index (χ0v) is 14.0. The van der Waals surface area contributed by atoms with Gasteiger partial charge >= 0.3 is 0 Å². The molecule has 1 unspecified atom stereocenters. The number of rotatable bonds is 5. The van der Waals surface area contributed by atoms with Crippen LogP contribution >= 0.6 is 0 Å². The van der Waals surface area contributed by atoms with Crippen LogP contribution in [0.3, 0.4) is 0 Å². The lowest BCUT2D eigenvalue weighted by Crippen LogP contribution is -2.41. The lowest BCUT2D eigenvalue weighted by Gasteiger charge is -2.30. The third-order valence-electron chi connectivity index (χ3n) is 4.02. The average Bonchev–Trinajstić information content (AvgIpc) is 2.56. The molecular formula is C19H22N2O3. The number of carbonyl (C=O) groups excluding carboxylic acids is 1. The number of hydrogen-bond acceptors (Lipinski definition) is 4. The number of benzene rings is 2. The largest absolute Gasteiger partial charge is 0.492 e. The number of aryl methyl sites for hydroxylation is 1. The van der Waals surface area contributed by atoms with Gasteiger partial charge < -0.3 is 20.1 Å². The van der Waals surface area contributed by atoms with E-state index in [2.05, 4.69) is 0 Å². The molecule has 2 aromatic carbocycles. The molecular weight excluding hydrogens is 304 g/mol. The molecule has 2 N–H and O–H groups in total. The lowest BCUT2D eigenvalue weighted by molar-refractivity contribution is -0.121. The number of ether oxygens (including phenoxy) is 2. The van der Waals surface area contributed by atoms with E-state index in [9.17, 15) is 4.79 Å². The van der Waals surface area contributed by atoms with Crippen LogP contribution in [0.1, 0.15) is 24.1 Å². The number of amides is 1. The molecule has 24 heavy (non-hydrogen) atoms. The van der Waals surface area contributed by atoms with Gasteiger partial charge in [0.2, 0.25) is 0 Å². The van der Waals surface area contributed by atoms with E-state index in [1.165, 1.54) is 0 Å². The van der Waals surface area contributed by atoms with Crippen molar-refractivity contribution in [2.45, 2.75) is 19.9 Å². The Bertz CT molecular complexity index is 743. The molecule has 0 radical (unpaired) electrons. The van der Waals surface area contributed by atoms with E-state index >= 15 is 0 Å². The molecule has 0 fully saturated rings. The number of hydrogen-bond donors (Lipinski definition) is 1. The van der Waals surface area contributed by atoms with Gasteiger partial charge in [-0.1, -0.05) is 18.2 Å². The van der Waals surface area contributed by atoms with Gasteiger partial charge in [-0.05, 0) is 49.2 Å². The maximum absolute atomic E-state index is 12.2. The summed E-state index contributed by atoms with van der Waals surface area (Å²) in [6.07, 6.45) is 0. The second kappa shape index (κ2) is 6.93. The van der Waals surface area contributed by atoms with Crippen LogP contribution in [-0.4, -0.2) is 25.7 Å². The molecule has 0 saturated heterocycles. The fourth-order valence-corrected chi connectivity index (χ4v) is 2.71. The van der Waals surface area contributed by atoms with Gasteiger partial charge in [-0.15, -0.1) is 0 Å². The zero-order chi connectivity index (χ0) is 17.1. The standard InChI is InChI=1S/C19H22N2O3/c1-13-4-3-5-16(10-13)23-9-8-21-17-11-15(14(2)20)6-7-18(17)24-12-19(21)22/h3-7,10-11,14H,8-9,12,20H2,1-2H3. The number of nitrogens with zero attached hydrogens (tertiary/aromatic N) is 1. The Hall–Kier alpha value is -2.53. The first-order valence-corrected chi connectivity index (χ1v) is 8.07. The molecule has 1 heterocycles. The number of anilines is 1. The van der Waals surface area contributed by atoms with Crippen LogP contribution in [0.4, 0.5) is 5.69 Å². The molecule has 126 valence electrons. The minimum Gasteiger partial charge on any atom is -0.492 e. The average molecular weight is 326 g/mol. The molecule has 3 rings (SSSR count). The highest BCUT2D eigenvalue weighted by atomic mass is 16.5. The van der Waals surface area contributed by atoms with E-state index < -0.39 is 0 Å². The van der Waals surface area contributed by atoms with Crippen LogP contribution in [0.15, 0.2) is 42.5 Å². The summed E-state index contributed by atoms with van der Waals surface area (Å²) in [6.45, 7) is 4.86. The predicted molar refractivity (Wildman–Crippen MR) is 93.6 cm³/mol. The van der Waals surface area contributed by atoms with Crippen molar-refractivity contribution in [1.82, 2.24) is 0 Å². The first-order chi connectivity index (χ1) is 11.5. The second-order valence-electron chi connectivity index (χ2n) is 6.01. The molecule has 2 aromatic rings. The summed E-state index contributed by atoms with van der Waals surface area (Å²) in [5, 5.41) is 0. The topological polar surface area (TPSA) is 64.8 Å². The first kappa shape index (κ1) is 16.3. The molecule has 1 aliphatic heterocycles. The zero-order valence-electron chi connectivity index (χ0n) is 14.0. The number of carbonyl (C=O) groups is 1. The number of nitrogens with two attached hydrogens (primary N) is 1. The monoisotopic (exact) mass is 326 g/mol. The maximum Gasteiger partial charge on any atom is 0.265 e. The van der Waals surface area contributed by atoms with Crippen LogP contribution in [-0.2, 0) is 4.79 Å². The first-order valence-electron chi connectivity index (χ1n) is 8.07. The Balaban J connectivity index is 1.73. The highest BCUT2D eigenvalue weighted by Crippen LogP contribution is 2.34. The summed E-state index contributed by atoms with van der Waals surface area (Å²) in [5.41, 5.74) is 8.82.